The van der Waals surface area contributed by atoms with Crippen LogP contribution in [0.5, 0.6) is 5.88 Å². The van der Waals surface area contributed by atoms with Crippen molar-refractivity contribution < 1.29 is 61.9 Å². The van der Waals surface area contributed by atoms with Gasteiger partial charge < -0.3 is 43.1 Å². The molecule has 3 aliphatic heterocycles. The topological polar surface area (TPSA) is 294 Å². The zero-order valence-corrected chi connectivity index (χ0v) is 71.9. The average molecular weight is 1620 g/mol. The fraction of sp³-hybridized carbons (Fsp3) is 0.532. The number of benzene rings is 1. The summed E-state index contributed by atoms with van der Waals surface area (Å²) in [6, 6.07) is 32.9. The van der Waals surface area contributed by atoms with Crippen LogP contribution in [0.1, 0.15) is 279 Å². The highest BCUT2D eigenvalue weighted by atomic mass is 16.6. The van der Waals surface area contributed by atoms with Crippen molar-refractivity contribution >= 4 is 59.2 Å². The Morgan fingerprint density at radius 3 is 1.22 bits per heavy atom. The van der Waals surface area contributed by atoms with Crippen molar-refractivity contribution in [1.82, 2.24) is 29.9 Å². The van der Waals surface area contributed by atoms with E-state index in [0.717, 1.165) is 233 Å². The van der Waals surface area contributed by atoms with Crippen LogP contribution in [0.15, 0.2) is 137 Å². The lowest BCUT2D eigenvalue weighted by molar-refractivity contribution is -0.144. The number of allylic oxidation sites excluding steroid dienone is 1. The number of nitrogens with one attached hydrogen (secondary N) is 2. The molecule has 0 radical (unpaired) electrons. The summed E-state index contributed by atoms with van der Waals surface area (Å²) < 4.78 is 38.1. The number of rotatable bonds is 35. The number of ether oxygens (including phenoxy) is 7. The number of fused-ring (bicyclic) bond motifs is 3. The summed E-state index contributed by atoms with van der Waals surface area (Å²) in [6.07, 6.45) is 28.9. The van der Waals surface area contributed by atoms with E-state index in [1.807, 2.05) is 105 Å². The van der Waals surface area contributed by atoms with Crippen LogP contribution < -0.4 is 30.6 Å². The minimum Gasteiger partial charge on any atom is -0.473 e. The molecule has 118 heavy (non-hydrogen) atoms. The number of carbonyl (C=O) groups is 6. The highest BCUT2D eigenvalue weighted by Crippen LogP contribution is 2.34. The maximum Gasteiger partial charge on any atom is 0.416 e. The number of carbonyl (C=O) groups excluding carboxylic acids is 6. The lowest BCUT2D eigenvalue weighted by atomic mass is 9.91. The lowest BCUT2D eigenvalue weighted by Crippen LogP contribution is -2.40. The number of aromatic nitrogens is 6. The van der Waals surface area contributed by atoms with E-state index >= 15 is 0 Å². The molecule has 9 heterocycles. The highest BCUT2D eigenvalue weighted by Gasteiger charge is 2.33. The first-order valence-electron chi connectivity index (χ1n) is 42.7. The third kappa shape index (κ3) is 32.4. The summed E-state index contributed by atoms with van der Waals surface area (Å²) >= 11 is 0. The zero-order valence-electron chi connectivity index (χ0n) is 71.9. The van der Waals surface area contributed by atoms with E-state index in [2.05, 4.69) is 51.4 Å². The molecule has 0 aliphatic carbocycles. The van der Waals surface area contributed by atoms with Crippen LogP contribution in [-0.4, -0.2) is 122 Å². The molecule has 0 saturated heterocycles. The van der Waals surface area contributed by atoms with Crippen molar-refractivity contribution in [2.75, 3.05) is 54.2 Å². The number of aryl methyl sites for hydroxylation is 6. The largest absolute Gasteiger partial charge is 0.473 e. The van der Waals surface area contributed by atoms with Crippen molar-refractivity contribution in [3.05, 3.63) is 205 Å². The number of hydrogen-bond donors (Lipinski definition) is 2. The SMILES string of the molecule is CCOC(=O)/C=C(/CCCCCCc1ccc2c(n1)N(C(=O)OC(C)(C)C)CCC2)c1ccc(OCc2ccccc2)nc1.CCOC(=O)C[C@@H](CCCCCCc1ccc2c(n1)N(C(=O)OC(C)(C)C)CCC2)c1ccc(=O)[nH]c1.CCOC(=O)C[C@H](CCCCCCc1ccc2c(n1)N(C(=O)OC(C)(C)C)CCC2)c1ccc(=O)[nH]c1. The summed E-state index contributed by atoms with van der Waals surface area (Å²) in [6.45, 7) is 25.7. The monoisotopic (exact) mass is 1620 g/mol. The zero-order chi connectivity index (χ0) is 85.0. The van der Waals surface area contributed by atoms with E-state index in [9.17, 15) is 38.4 Å². The van der Waals surface area contributed by atoms with Gasteiger partial charge in [-0.2, -0.15) is 0 Å². The van der Waals surface area contributed by atoms with Gasteiger partial charge in [0.15, 0.2) is 0 Å². The molecule has 2 atom stereocenters. The van der Waals surface area contributed by atoms with E-state index in [1.54, 1.807) is 72.3 Å². The Labute approximate surface area is 697 Å². The molecule has 0 bridgehead atoms. The Hall–Kier alpha value is -10.5. The Morgan fingerprint density at radius 1 is 0.458 bits per heavy atom. The van der Waals surface area contributed by atoms with E-state index in [1.165, 1.54) is 12.1 Å². The Bertz CT molecular complexity index is 4290. The molecule has 7 aromatic rings. The number of hydrogen-bond acceptors (Lipinski definition) is 19. The molecule has 24 nitrogen and oxygen atoms in total. The van der Waals surface area contributed by atoms with Crippen LogP contribution in [-0.2, 0) is 87.9 Å². The number of nitrogens with zero attached hydrogens (tertiary/aromatic N) is 7. The second kappa shape index (κ2) is 47.2. The van der Waals surface area contributed by atoms with Gasteiger partial charge in [0.1, 0.15) is 40.9 Å². The molecule has 2 N–H and O–H groups in total. The number of aromatic amines is 2. The summed E-state index contributed by atoms with van der Waals surface area (Å²) in [5, 5.41) is 0. The molecule has 1 aromatic carbocycles. The summed E-state index contributed by atoms with van der Waals surface area (Å²) in [4.78, 5) is 127. The van der Waals surface area contributed by atoms with Gasteiger partial charge in [0, 0.05) is 79.6 Å². The number of unbranched alkanes of at least 4 members (excludes halogenated alkanes) is 9. The maximum absolute atomic E-state index is 12.8. The van der Waals surface area contributed by atoms with Crippen molar-refractivity contribution in [2.24, 2.45) is 0 Å². The first kappa shape index (κ1) is 93.0. The van der Waals surface area contributed by atoms with Crippen molar-refractivity contribution in [2.45, 2.75) is 285 Å². The standard InChI is InChI=1S/C36H45N3O5.2C29H41N3O5/c1-5-42-33(40)24-29(30-20-22-32(37-25-30)43-26-27-14-9-8-10-15-27)16-11-6-7-12-18-31-21-19-28-17-13-23-39(34(28)38-31)35(41)44-36(2,3)4;2*1-5-36-26(34)19-22(23-15-17-25(33)30-20-23)11-8-6-7-9-13-24-16-14-21-12-10-18-32(27(21)31-24)28(35)37-29(2,3)4/h8-10,14-15,19-22,24-25H,5-7,11-13,16-18,23,26H2,1-4H3;2*14-17,20,22H,5-13,18-19H2,1-4H3,(H,30,33)/b29-24-;;/t;2*22-/m.10/s1. The van der Waals surface area contributed by atoms with Crippen molar-refractivity contribution in [1.29, 1.82) is 0 Å². The number of H-pyrrole nitrogens is 2. The highest BCUT2D eigenvalue weighted by molar-refractivity contribution is 5.92. The molecule has 0 spiro atoms. The normalized spacial score (nSPS) is 13.8. The third-order valence-corrected chi connectivity index (χ3v) is 20.1. The lowest BCUT2D eigenvalue weighted by Gasteiger charge is -2.31. The van der Waals surface area contributed by atoms with Crippen LogP contribution in [0.4, 0.5) is 31.8 Å². The molecule has 6 aromatic heterocycles. The Morgan fingerprint density at radius 2 is 0.856 bits per heavy atom. The molecule has 3 amide bonds. The second-order valence-corrected chi connectivity index (χ2v) is 33.3. The van der Waals surface area contributed by atoms with Gasteiger partial charge in [0.2, 0.25) is 17.0 Å². The first-order valence-corrected chi connectivity index (χ1v) is 42.7. The Balaban J connectivity index is 0.000000222. The first-order chi connectivity index (χ1) is 56.5. The molecule has 0 unspecified atom stereocenters. The number of anilines is 3. The predicted molar refractivity (Wildman–Crippen MR) is 461 cm³/mol. The van der Waals surface area contributed by atoms with E-state index in [0.29, 0.717) is 64.8 Å². The van der Waals surface area contributed by atoms with Crippen LogP contribution >= 0.6 is 0 Å². The van der Waals surface area contributed by atoms with Crippen LogP contribution in [0.2, 0.25) is 0 Å². The van der Waals surface area contributed by atoms with Crippen LogP contribution in [0.25, 0.3) is 5.57 Å². The van der Waals surface area contributed by atoms with Gasteiger partial charge in [0.05, 0.1) is 32.7 Å². The summed E-state index contributed by atoms with van der Waals surface area (Å²) in [5.41, 5.74) is 9.10. The minimum absolute atomic E-state index is 0.0250. The molecule has 3 aliphatic rings. The molecule has 0 fully saturated rings. The van der Waals surface area contributed by atoms with Gasteiger partial charge in [-0.25, -0.2) is 39.1 Å². The van der Waals surface area contributed by atoms with E-state index in [-0.39, 0.29) is 59.1 Å². The minimum atomic E-state index is -0.547. The van der Waals surface area contributed by atoms with Gasteiger partial charge in [-0.3, -0.25) is 33.9 Å². The van der Waals surface area contributed by atoms with Gasteiger partial charge in [-0.1, -0.05) is 112 Å². The summed E-state index contributed by atoms with van der Waals surface area (Å²) in [5.74, 6) is 2.04. The van der Waals surface area contributed by atoms with E-state index in [4.69, 9.17) is 48.1 Å². The quantitative estimate of drug-likeness (QED) is 0.0161. The molecule has 24 heteroatoms. The third-order valence-electron chi connectivity index (χ3n) is 20.1. The number of esters is 3. The molecule has 10 rings (SSSR count). The van der Waals surface area contributed by atoms with Crippen molar-refractivity contribution in [3.8, 4) is 5.88 Å². The van der Waals surface area contributed by atoms with Crippen LogP contribution in [0.3, 0.4) is 0 Å². The van der Waals surface area contributed by atoms with E-state index < -0.39 is 16.8 Å². The van der Waals surface area contributed by atoms with Gasteiger partial charge in [-0.05, 0) is 266 Å². The maximum atomic E-state index is 12.8. The predicted octanol–water partition coefficient (Wildman–Crippen LogP) is 19.3. The molecule has 638 valence electrons. The number of pyridine rings is 6. The fourth-order valence-corrected chi connectivity index (χ4v) is 14.4. The molecular weight excluding hydrogens is 1500 g/mol. The summed E-state index contributed by atoms with van der Waals surface area (Å²) in [7, 11) is 0. The molecular formula is C94H127N9O15. The van der Waals surface area contributed by atoms with Crippen LogP contribution in [0, 0.1) is 0 Å². The smallest absolute Gasteiger partial charge is 0.416 e. The second-order valence-electron chi connectivity index (χ2n) is 33.3. The fourth-order valence-electron chi connectivity index (χ4n) is 14.4. The number of amides is 3. The average Bonchev–Trinajstić information content (AvgIpc) is 0.809. The van der Waals surface area contributed by atoms with Crippen molar-refractivity contribution in [3.63, 3.8) is 0 Å². The van der Waals surface area contributed by atoms with Gasteiger partial charge >= 0.3 is 36.2 Å². The Kier molecular flexibility index (Phi) is 37.2. The molecule has 0 saturated carbocycles. The van der Waals surface area contributed by atoms with Gasteiger partial charge in [-0.15, -0.1) is 0 Å². The van der Waals surface area contributed by atoms with Gasteiger partial charge in [0.25, 0.3) is 0 Å².